The van der Waals surface area contributed by atoms with Crippen LogP contribution in [0.4, 0.5) is 0 Å². The third-order valence-electron chi connectivity index (χ3n) is 5.55. The van der Waals surface area contributed by atoms with Gasteiger partial charge in [-0.25, -0.2) is 4.79 Å². The Balaban J connectivity index is 1.57. The molecule has 0 bridgehead atoms. The van der Waals surface area contributed by atoms with E-state index < -0.39 is 23.8 Å². The van der Waals surface area contributed by atoms with Gasteiger partial charge in [-0.15, -0.1) is 0 Å². The van der Waals surface area contributed by atoms with Crippen LogP contribution in [-0.2, 0) is 16.1 Å². The van der Waals surface area contributed by atoms with Crippen LogP contribution in [0.25, 0.3) is 0 Å². The van der Waals surface area contributed by atoms with E-state index in [-0.39, 0.29) is 46.9 Å². The molecule has 0 saturated carbocycles. The molecule has 2 aromatic rings. The van der Waals surface area contributed by atoms with Crippen LogP contribution in [0.2, 0.25) is 5.02 Å². The van der Waals surface area contributed by atoms with E-state index in [1.807, 2.05) is 0 Å². The highest BCUT2D eigenvalue weighted by Crippen LogP contribution is 2.19. The second kappa shape index (κ2) is 12.2. The number of hydrogen-bond acceptors (Lipinski definition) is 6. The van der Waals surface area contributed by atoms with Gasteiger partial charge in [0.2, 0.25) is 5.91 Å². The van der Waals surface area contributed by atoms with Crippen molar-refractivity contribution in [2.24, 2.45) is 0 Å². The van der Waals surface area contributed by atoms with Crippen molar-refractivity contribution in [3.05, 3.63) is 64.2 Å². The van der Waals surface area contributed by atoms with Gasteiger partial charge in [-0.1, -0.05) is 30.2 Å². The summed E-state index contributed by atoms with van der Waals surface area (Å²) in [5.41, 5.74) is 0.892. The number of carboxylic acids is 1. The molecule has 6 N–H and O–H groups in total. The molecule has 1 aliphatic heterocycles. The standard InChI is InChI=1S/C24H27ClN4O6/c25-18-11-15(21(31)27-12-14-4-3-5-16(30)10-14)7-8-17(18)22(32)29-20(24(34)35)13-28-23(33)19-6-1-2-9-26-19/h3-5,7-8,10-11,19-20,26,30H,1-2,6,9,12-13H2,(H,27,31)(H,28,33)(H,29,32)(H,34,35). The molecule has 186 valence electrons. The summed E-state index contributed by atoms with van der Waals surface area (Å²) >= 11 is 6.20. The average molecular weight is 503 g/mol. The molecule has 0 radical (unpaired) electrons. The number of carbonyl (C=O) groups excluding carboxylic acids is 3. The minimum atomic E-state index is -1.36. The van der Waals surface area contributed by atoms with Gasteiger partial charge in [-0.3, -0.25) is 14.4 Å². The number of carboxylic acid groups (broad SMARTS) is 1. The zero-order valence-corrected chi connectivity index (χ0v) is 19.6. The smallest absolute Gasteiger partial charge is 0.328 e. The van der Waals surface area contributed by atoms with Crippen molar-refractivity contribution in [2.75, 3.05) is 13.1 Å². The lowest BCUT2D eigenvalue weighted by atomic mass is 10.0. The largest absolute Gasteiger partial charge is 0.508 e. The first kappa shape index (κ1) is 26.0. The number of phenolic OH excluding ortho intramolecular Hbond substituents is 1. The number of phenols is 1. The molecule has 1 fully saturated rings. The Hall–Kier alpha value is -3.63. The molecule has 2 atom stereocenters. The first-order chi connectivity index (χ1) is 16.7. The van der Waals surface area contributed by atoms with Crippen molar-refractivity contribution in [3.63, 3.8) is 0 Å². The highest BCUT2D eigenvalue weighted by Gasteiger charge is 2.26. The van der Waals surface area contributed by atoms with Crippen molar-refractivity contribution in [1.82, 2.24) is 21.3 Å². The first-order valence-corrected chi connectivity index (χ1v) is 11.5. The zero-order chi connectivity index (χ0) is 25.4. The molecule has 1 heterocycles. The predicted octanol–water partition coefficient (Wildman–Crippen LogP) is 1.42. The molecule has 2 aromatic carbocycles. The Morgan fingerprint density at radius 1 is 1.06 bits per heavy atom. The number of amides is 3. The van der Waals surface area contributed by atoms with Crippen LogP contribution in [-0.4, -0.2) is 59.1 Å². The highest BCUT2D eigenvalue weighted by atomic mass is 35.5. The van der Waals surface area contributed by atoms with Crippen molar-refractivity contribution in [1.29, 1.82) is 0 Å². The Morgan fingerprint density at radius 2 is 1.86 bits per heavy atom. The summed E-state index contributed by atoms with van der Waals surface area (Å²) in [5, 5.41) is 29.6. The van der Waals surface area contributed by atoms with Gasteiger partial charge in [-0.2, -0.15) is 0 Å². The molecule has 1 aliphatic rings. The Kier molecular flexibility index (Phi) is 9.04. The van der Waals surface area contributed by atoms with Crippen LogP contribution in [0.1, 0.15) is 45.5 Å². The maximum absolute atomic E-state index is 12.6. The maximum Gasteiger partial charge on any atom is 0.328 e. The molecule has 0 spiro atoms. The summed E-state index contributed by atoms with van der Waals surface area (Å²) in [6.45, 7) is 0.611. The van der Waals surface area contributed by atoms with Crippen LogP contribution >= 0.6 is 11.6 Å². The van der Waals surface area contributed by atoms with Gasteiger partial charge in [0.15, 0.2) is 0 Å². The Bertz CT molecular complexity index is 1100. The molecule has 0 aliphatic carbocycles. The second-order valence-corrected chi connectivity index (χ2v) is 8.57. The van der Waals surface area contributed by atoms with Crippen molar-refractivity contribution < 1.29 is 29.4 Å². The number of benzene rings is 2. The summed E-state index contributed by atoms with van der Waals surface area (Å²) in [4.78, 5) is 48.9. The van der Waals surface area contributed by atoms with E-state index in [0.29, 0.717) is 12.0 Å². The number of hydrogen-bond donors (Lipinski definition) is 6. The topological polar surface area (TPSA) is 157 Å². The number of nitrogens with one attached hydrogen (secondary N) is 4. The van der Waals surface area contributed by atoms with E-state index in [9.17, 15) is 29.4 Å². The lowest BCUT2D eigenvalue weighted by Gasteiger charge is -2.23. The molecular formula is C24H27ClN4O6. The fourth-order valence-electron chi connectivity index (χ4n) is 3.63. The summed E-state index contributed by atoms with van der Waals surface area (Å²) in [7, 11) is 0. The second-order valence-electron chi connectivity index (χ2n) is 8.16. The SMILES string of the molecule is O=C(NCc1cccc(O)c1)c1ccc(C(=O)NC(CNC(=O)C2CCCCN2)C(=O)O)c(Cl)c1. The molecule has 0 aromatic heterocycles. The third kappa shape index (κ3) is 7.43. The molecule has 35 heavy (non-hydrogen) atoms. The van der Waals surface area contributed by atoms with E-state index >= 15 is 0 Å². The molecule has 3 rings (SSSR count). The lowest BCUT2D eigenvalue weighted by molar-refractivity contribution is -0.139. The third-order valence-corrected chi connectivity index (χ3v) is 5.86. The van der Waals surface area contributed by atoms with Crippen LogP contribution in [0, 0.1) is 0 Å². The summed E-state index contributed by atoms with van der Waals surface area (Å²) in [6.07, 6.45) is 2.56. The number of carbonyl (C=O) groups is 4. The van der Waals surface area contributed by atoms with Crippen molar-refractivity contribution >= 4 is 35.3 Å². The predicted molar refractivity (Wildman–Crippen MR) is 128 cm³/mol. The highest BCUT2D eigenvalue weighted by molar-refractivity contribution is 6.34. The van der Waals surface area contributed by atoms with Gasteiger partial charge < -0.3 is 31.5 Å². The van der Waals surface area contributed by atoms with Gasteiger partial charge in [0.05, 0.1) is 16.6 Å². The lowest BCUT2D eigenvalue weighted by Crippen LogP contribution is -2.52. The fraction of sp³-hybridized carbons (Fsp3) is 0.333. The minimum Gasteiger partial charge on any atom is -0.508 e. The summed E-state index contributed by atoms with van der Waals surface area (Å²) < 4.78 is 0. The molecule has 2 unspecified atom stereocenters. The number of piperidine rings is 1. The monoisotopic (exact) mass is 502 g/mol. The van der Waals surface area contributed by atoms with Crippen LogP contribution in [0.3, 0.4) is 0 Å². The Morgan fingerprint density at radius 3 is 2.51 bits per heavy atom. The quantitative estimate of drug-likeness (QED) is 0.302. The fourth-order valence-corrected chi connectivity index (χ4v) is 3.90. The summed E-state index contributed by atoms with van der Waals surface area (Å²) in [5.74, 6) is -2.73. The van der Waals surface area contributed by atoms with Gasteiger partial charge in [0.1, 0.15) is 11.8 Å². The minimum absolute atomic E-state index is 0.0114. The average Bonchev–Trinajstić information content (AvgIpc) is 2.85. The number of halogens is 1. The van der Waals surface area contributed by atoms with E-state index in [2.05, 4.69) is 21.3 Å². The molecule has 3 amide bonds. The zero-order valence-electron chi connectivity index (χ0n) is 18.8. The van der Waals surface area contributed by atoms with Gasteiger partial charge in [0, 0.05) is 18.7 Å². The van der Waals surface area contributed by atoms with Crippen LogP contribution < -0.4 is 21.3 Å². The van der Waals surface area contributed by atoms with Gasteiger partial charge in [0.25, 0.3) is 11.8 Å². The van der Waals surface area contributed by atoms with Crippen molar-refractivity contribution in [2.45, 2.75) is 37.9 Å². The van der Waals surface area contributed by atoms with Crippen LogP contribution in [0.5, 0.6) is 5.75 Å². The first-order valence-electron chi connectivity index (χ1n) is 11.1. The van der Waals surface area contributed by atoms with Gasteiger partial charge in [-0.05, 0) is 55.3 Å². The normalized spacial score (nSPS) is 16.1. The van der Waals surface area contributed by atoms with Gasteiger partial charge >= 0.3 is 5.97 Å². The Labute approximate surface area is 207 Å². The molecule has 1 saturated heterocycles. The molecule has 10 nitrogen and oxygen atoms in total. The number of aromatic hydroxyl groups is 1. The molecule has 11 heteroatoms. The van der Waals surface area contributed by atoms with Crippen molar-refractivity contribution in [3.8, 4) is 5.75 Å². The van der Waals surface area contributed by atoms with E-state index in [0.717, 1.165) is 19.4 Å². The van der Waals surface area contributed by atoms with E-state index in [4.69, 9.17) is 11.6 Å². The van der Waals surface area contributed by atoms with E-state index in [1.54, 1.807) is 12.1 Å². The molecular weight excluding hydrogens is 476 g/mol. The van der Waals surface area contributed by atoms with E-state index in [1.165, 1.54) is 30.3 Å². The summed E-state index contributed by atoms with van der Waals surface area (Å²) in [6, 6.07) is 8.72. The number of rotatable bonds is 9. The van der Waals surface area contributed by atoms with Crippen LogP contribution in [0.15, 0.2) is 42.5 Å². The number of aliphatic carboxylic acids is 1. The maximum atomic E-state index is 12.6.